The van der Waals surface area contributed by atoms with E-state index in [4.69, 9.17) is 0 Å². The van der Waals surface area contributed by atoms with Crippen molar-refractivity contribution in [3.63, 3.8) is 0 Å². The van der Waals surface area contributed by atoms with Gasteiger partial charge in [0.1, 0.15) is 5.82 Å². The normalized spacial score (nSPS) is 15.3. The molecule has 1 fully saturated rings. The largest absolute Gasteiger partial charge is 0.354 e. The smallest absolute Gasteiger partial charge is 0.230 e. The molecule has 0 spiro atoms. The van der Waals surface area contributed by atoms with E-state index in [1.165, 1.54) is 12.8 Å². The summed E-state index contributed by atoms with van der Waals surface area (Å²) >= 11 is 0. The van der Waals surface area contributed by atoms with Crippen LogP contribution in [0.2, 0.25) is 0 Å². The van der Waals surface area contributed by atoms with E-state index in [2.05, 4.69) is 45.9 Å². The van der Waals surface area contributed by atoms with Gasteiger partial charge < -0.3 is 10.2 Å². The second kappa shape index (κ2) is 6.68. The van der Waals surface area contributed by atoms with Gasteiger partial charge in [0.15, 0.2) is 0 Å². The number of nitrogens with zero attached hydrogens (tertiary/aromatic N) is 4. The van der Waals surface area contributed by atoms with E-state index >= 15 is 0 Å². The minimum absolute atomic E-state index is 0.563. The van der Waals surface area contributed by atoms with Crippen molar-refractivity contribution in [2.75, 3.05) is 29.9 Å². The molecule has 1 aliphatic rings. The van der Waals surface area contributed by atoms with Gasteiger partial charge in [0.05, 0.1) is 0 Å². The second-order valence-corrected chi connectivity index (χ2v) is 5.59. The van der Waals surface area contributed by atoms with E-state index in [1.54, 1.807) is 0 Å². The molecule has 1 N–H and O–H groups in total. The first-order valence-electron chi connectivity index (χ1n) is 7.42. The Bertz CT molecular complexity index is 399. The number of nitrogens with one attached hydrogen (secondary N) is 1. The summed E-state index contributed by atoms with van der Waals surface area (Å²) in [5.41, 5.74) is 0. The van der Waals surface area contributed by atoms with E-state index < -0.39 is 0 Å². The van der Waals surface area contributed by atoms with Crippen LogP contribution in [-0.2, 0) is 6.42 Å². The first-order valence-corrected chi connectivity index (χ1v) is 7.42. The Labute approximate surface area is 115 Å². The predicted octanol–water partition coefficient (Wildman–Crippen LogP) is 2.49. The molecule has 1 saturated heterocycles. The summed E-state index contributed by atoms with van der Waals surface area (Å²) in [4.78, 5) is 16.0. The number of hydrogen-bond donors (Lipinski definition) is 1. The second-order valence-electron chi connectivity index (χ2n) is 5.59. The number of hydrogen-bond acceptors (Lipinski definition) is 5. The quantitative estimate of drug-likeness (QED) is 0.854. The molecule has 0 unspecified atom stereocenters. The molecule has 19 heavy (non-hydrogen) atoms. The van der Waals surface area contributed by atoms with Gasteiger partial charge in [-0.3, -0.25) is 0 Å². The van der Waals surface area contributed by atoms with Crippen molar-refractivity contribution < 1.29 is 0 Å². The number of anilines is 2. The Kier molecular flexibility index (Phi) is 4.93. The average Bonchev–Trinajstić information content (AvgIpc) is 2.89. The van der Waals surface area contributed by atoms with Crippen LogP contribution in [0.25, 0.3) is 0 Å². The maximum absolute atomic E-state index is 4.63. The Morgan fingerprint density at radius 2 is 1.89 bits per heavy atom. The zero-order valence-corrected chi connectivity index (χ0v) is 12.3. The van der Waals surface area contributed by atoms with Crippen molar-refractivity contribution in [2.45, 2.75) is 46.5 Å². The van der Waals surface area contributed by atoms with Crippen LogP contribution >= 0.6 is 0 Å². The van der Waals surface area contributed by atoms with Gasteiger partial charge in [0.25, 0.3) is 0 Å². The molecular weight excluding hydrogens is 238 g/mol. The molecule has 1 aliphatic heterocycles. The summed E-state index contributed by atoms with van der Waals surface area (Å²) < 4.78 is 0. The zero-order valence-electron chi connectivity index (χ0n) is 12.3. The predicted molar refractivity (Wildman–Crippen MR) is 78.6 cm³/mol. The van der Waals surface area contributed by atoms with Gasteiger partial charge in [0.2, 0.25) is 11.9 Å². The summed E-state index contributed by atoms with van der Waals surface area (Å²) in [5.74, 6) is 3.05. The number of rotatable bonds is 6. The monoisotopic (exact) mass is 263 g/mol. The molecule has 0 amide bonds. The third-order valence-corrected chi connectivity index (χ3v) is 3.18. The SMILES string of the molecule is CCCNc1nc(CC(C)C)nc(N2CCCC2)n1. The lowest BCUT2D eigenvalue weighted by atomic mass is 10.1. The first-order chi connectivity index (χ1) is 9.19. The van der Waals surface area contributed by atoms with Crippen molar-refractivity contribution in [3.05, 3.63) is 5.82 Å². The van der Waals surface area contributed by atoms with Crippen molar-refractivity contribution in [3.8, 4) is 0 Å². The molecule has 0 aromatic carbocycles. The molecule has 1 aromatic rings. The summed E-state index contributed by atoms with van der Waals surface area (Å²) in [6.07, 6.45) is 4.46. The summed E-state index contributed by atoms with van der Waals surface area (Å²) in [7, 11) is 0. The van der Waals surface area contributed by atoms with Crippen LogP contribution in [0.4, 0.5) is 11.9 Å². The fourth-order valence-electron chi connectivity index (χ4n) is 2.24. The molecule has 0 saturated carbocycles. The fourth-order valence-corrected chi connectivity index (χ4v) is 2.24. The Morgan fingerprint density at radius 1 is 1.16 bits per heavy atom. The van der Waals surface area contributed by atoms with Crippen molar-refractivity contribution in [1.29, 1.82) is 0 Å². The molecule has 106 valence electrons. The minimum atomic E-state index is 0.563. The molecule has 5 heteroatoms. The van der Waals surface area contributed by atoms with E-state index in [-0.39, 0.29) is 0 Å². The van der Waals surface area contributed by atoms with Gasteiger partial charge in [-0.1, -0.05) is 20.8 Å². The first kappa shape index (κ1) is 14.0. The summed E-state index contributed by atoms with van der Waals surface area (Å²) in [6, 6.07) is 0. The van der Waals surface area contributed by atoms with Gasteiger partial charge in [-0.2, -0.15) is 15.0 Å². The Hall–Kier alpha value is -1.39. The maximum atomic E-state index is 4.63. The molecule has 2 rings (SSSR count). The molecule has 0 bridgehead atoms. The Morgan fingerprint density at radius 3 is 2.53 bits per heavy atom. The summed E-state index contributed by atoms with van der Waals surface area (Å²) in [5, 5.41) is 3.28. The summed E-state index contributed by atoms with van der Waals surface area (Å²) in [6.45, 7) is 9.57. The third kappa shape index (κ3) is 4.04. The Balaban J connectivity index is 2.19. The van der Waals surface area contributed by atoms with Crippen LogP contribution in [0.5, 0.6) is 0 Å². The van der Waals surface area contributed by atoms with E-state index in [0.717, 1.165) is 50.2 Å². The van der Waals surface area contributed by atoms with Crippen molar-refractivity contribution >= 4 is 11.9 Å². The maximum Gasteiger partial charge on any atom is 0.230 e. The van der Waals surface area contributed by atoms with E-state index in [1.807, 2.05) is 0 Å². The van der Waals surface area contributed by atoms with Gasteiger partial charge in [0, 0.05) is 26.1 Å². The zero-order chi connectivity index (χ0) is 13.7. The highest BCUT2D eigenvalue weighted by Gasteiger charge is 2.17. The average molecular weight is 263 g/mol. The lowest BCUT2D eigenvalue weighted by Gasteiger charge is -2.17. The van der Waals surface area contributed by atoms with Crippen LogP contribution in [0.15, 0.2) is 0 Å². The molecule has 0 radical (unpaired) electrons. The number of aromatic nitrogens is 3. The van der Waals surface area contributed by atoms with Gasteiger partial charge in [-0.15, -0.1) is 0 Å². The molecule has 0 atom stereocenters. The fraction of sp³-hybridized carbons (Fsp3) is 0.786. The van der Waals surface area contributed by atoms with Crippen LogP contribution in [0.3, 0.4) is 0 Å². The van der Waals surface area contributed by atoms with Crippen molar-refractivity contribution in [2.24, 2.45) is 5.92 Å². The van der Waals surface area contributed by atoms with E-state index in [0.29, 0.717) is 5.92 Å². The van der Waals surface area contributed by atoms with Crippen LogP contribution in [0.1, 0.15) is 45.9 Å². The highest BCUT2D eigenvalue weighted by molar-refractivity contribution is 5.38. The van der Waals surface area contributed by atoms with E-state index in [9.17, 15) is 0 Å². The molecular formula is C14H25N5. The highest BCUT2D eigenvalue weighted by Crippen LogP contribution is 2.18. The third-order valence-electron chi connectivity index (χ3n) is 3.18. The standard InChI is InChI=1S/C14H25N5/c1-4-7-15-13-16-12(10-11(2)3)17-14(18-13)19-8-5-6-9-19/h11H,4-10H2,1-3H3,(H,15,16,17,18). The molecule has 2 heterocycles. The molecule has 5 nitrogen and oxygen atoms in total. The lowest BCUT2D eigenvalue weighted by Crippen LogP contribution is -2.22. The minimum Gasteiger partial charge on any atom is -0.354 e. The van der Waals surface area contributed by atoms with Gasteiger partial charge in [-0.25, -0.2) is 0 Å². The molecule has 1 aromatic heterocycles. The highest BCUT2D eigenvalue weighted by atomic mass is 15.3. The van der Waals surface area contributed by atoms with Crippen molar-refractivity contribution in [1.82, 2.24) is 15.0 Å². The van der Waals surface area contributed by atoms with Crippen LogP contribution in [0, 0.1) is 5.92 Å². The topological polar surface area (TPSA) is 53.9 Å². The lowest BCUT2D eigenvalue weighted by molar-refractivity contribution is 0.617. The molecule has 0 aliphatic carbocycles. The van der Waals surface area contributed by atoms with Crippen LogP contribution in [-0.4, -0.2) is 34.6 Å². The van der Waals surface area contributed by atoms with Gasteiger partial charge in [-0.05, 0) is 25.2 Å². The van der Waals surface area contributed by atoms with Crippen LogP contribution < -0.4 is 10.2 Å². The van der Waals surface area contributed by atoms with Gasteiger partial charge >= 0.3 is 0 Å².